The maximum Gasteiger partial charge on any atom is 0.321 e. The van der Waals surface area contributed by atoms with Crippen LogP contribution in [-0.2, 0) is 22.7 Å². The van der Waals surface area contributed by atoms with Crippen LogP contribution in [0.25, 0.3) is 11.0 Å². The number of fused-ring (bicyclic) bond motifs is 1. The van der Waals surface area contributed by atoms with Gasteiger partial charge in [0.05, 0.1) is 24.4 Å². The van der Waals surface area contributed by atoms with Crippen LogP contribution in [0.2, 0.25) is 0 Å². The number of unbranched alkanes of at least 4 members (excludes halogenated alkanes) is 2. The van der Waals surface area contributed by atoms with Gasteiger partial charge < -0.3 is 36.5 Å². The zero-order valence-corrected chi connectivity index (χ0v) is 28.7. The number of carboxylic acid groups (broad SMARTS) is 1. The number of methoxy groups -OCH3 is 1. The van der Waals surface area contributed by atoms with E-state index in [0.29, 0.717) is 19.5 Å². The highest BCUT2D eigenvalue weighted by Crippen LogP contribution is 2.27. The summed E-state index contributed by atoms with van der Waals surface area (Å²) in [6.45, 7) is 11.5. The average molecular weight is 670 g/mol. The second-order valence-corrected chi connectivity index (χ2v) is 13.2. The number of thioether (sulfide) groups is 1. The summed E-state index contributed by atoms with van der Waals surface area (Å²) in [4.78, 5) is 37.3. The van der Waals surface area contributed by atoms with Crippen molar-refractivity contribution in [3.63, 3.8) is 0 Å². The number of hydrogen-bond donors (Lipinski definition) is 5. The van der Waals surface area contributed by atoms with Gasteiger partial charge in [-0.3, -0.25) is 19.4 Å². The number of aromatic nitrogens is 3. The summed E-state index contributed by atoms with van der Waals surface area (Å²) in [6.07, 6.45) is 6.03. The second-order valence-electron chi connectivity index (χ2n) is 12.0. The first-order valence-corrected chi connectivity index (χ1v) is 17.6. The minimum Gasteiger partial charge on any atom is -0.496 e. The lowest BCUT2D eigenvalue weighted by Gasteiger charge is -2.34. The Balaban J connectivity index is 1.27. The Morgan fingerprint density at radius 3 is 2.53 bits per heavy atom. The van der Waals surface area contributed by atoms with Gasteiger partial charge >= 0.3 is 5.97 Å². The molecule has 1 aliphatic heterocycles. The third-order valence-corrected chi connectivity index (χ3v) is 9.95. The van der Waals surface area contributed by atoms with E-state index in [4.69, 9.17) is 21.3 Å². The van der Waals surface area contributed by atoms with Crippen LogP contribution in [-0.4, -0.2) is 111 Å². The standard InChI is InChI=1S/C33H51N9O4S/c1-4-6-7-11-36-30-29-26(38-33(35)39-30)10-13-42(29)21-24-9-8-23(19-27(24)46-3)20-41-17-15-40(16-18-41)14-12-37-31(43)28(5-2)47-22-25(34)32(44)45/h8-10,13,19,25,28H,4-7,11-12,14-18,20-22,34H2,1-3H3,(H,37,43)(H,44,45)(H3,35,36,38,39). The molecule has 1 aromatic carbocycles. The third-order valence-electron chi connectivity index (χ3n) is 8.45. The van der Waals surface area contributed by atoms with Gasteiger partial charge in [-0.2, -0.15) is 4.98 Å². The number of carbonyl (C=O) groups excluding carboxylic acids is 1. The van der Waals surface area contributed by atoms with Gasteiger partial charge in [-0.05, 0) is 30.5 Å². The predicted octanol–water partition coefficient (Wildman–Crippen LogP) is 2.83. The topological polar surface area (TPSA) is 177 Å². The number of piperazine rings is 1. The first-order chi connectivity index (χ1) is 22.7. The molecular weight excluding hydrogens is 618 g/mol. The maximum absolute atomic E-state index is 12.6. The zero-order chi connectivity index (χ0) is 33.8. The molecule has 258 valence electrons. The summed E-state index contributed by atoms with van der Waals surface area (Å²) in [5, 5.41) is 15.2. The molecular formula is C33H51N9O4S. The first-order valence-electron chi connectivity index (χ1n) is 16.6. The van der Waals surface area contributed by atoms with Crippen LogP contribution in [0, 0.1) is 0 Å². The molecule has 7 N–H and O–H groups in total. The van der Waals surface area contributed by atoms with Crippen molar-refractivity contribution >= 4 is 46.4 Å². The van der Waals surface area contributed by atoms with Crippen molar-refractivity contribution < 1.29 is 19.4 Å². The lowest BCUT2D eigenvalue weighted by Crippen LogP contribution is -2.48. The van der Waals surface area contributed by atoms with Crippen molar-refractivity contribution in [3.05, 3.63) is 41.6 Å². The van der Waals surface area contributed by atoms with E-state index in [1.165, 1.54) is 17.3 Å². The van der Waals surface area contributed by atoms with Crippen LogP contribution in [0.1, 0.15) is 50.7 Å². The first kappa shape index (κ1) is 36.2. The summed E-state index contributed by atoms with van der Waals surface area (Å²) in [5.74, 6) is 0.972. The van der Waals surface area contributed by atoms with Crippen molar-refractivity contribution in [2.45, 2.75) is 63.9 Å². The van der Waals surface area contributed by atoms with Crippen molar-refractivity contribution in [2.24, 2.45) is 5.73 Å². The second kappa shape index (κ2) is 18.1. The molecule has 47 heavy (non-hydrogen) atoms. The Morgan fingerprint density at radius 1 is 1.06 bits per heavy atom. The van der Waals surface area contributed by atoms with Gasteiger partial charge in [0.1, 0.15) is 17.3 Å². The highest BCUT2D eigenvalue weighted by Gasteiger charge is 2.22. The molecule has 1 aliphatic rings. The lowest BCUT2D eigenvalue weighted by molar-refractivity contribution is -0.138. The molecule has 1 fully saturated rings. The minimum absolute atomic E-state index is 0.0615. The number of nitrogens with two attached hydrogens (primary N) is 2. The Hall–Kier alpha value is -3.59. The summed E-state index contributed by atoms with van der Waals surface area (Å²) < 4.78 is 7.99. The van der Waals surface area contributed by atoms with Gasteiger partial charge in [-0.15, -0.1) is 11.8 Å². The number of amides is 1. The average Bonchev–Trinajstić information content (AvgIpc) is 3.46. The van der Waals surface area contributed by atoms with Crippen molar-refractivity contribution in [3.8, 4) is 5.75 Å². The van der Waals surface area contributed by atoms with E-state index in [9.17, 15) is 9.59 Å². The van der Waals surface area contributed by atoms with Gasteiger partial charge in [-0.25, -0.2) is 4.98 Å². The molecule has 2 aromatic heterocycles. The SMILES string of the molecule is CCCCCNc1nc(N)nc2ccn(Cc3ccc(CN4CCN(CCNC(=O)C(CC)SCC(N)C(=O)O)CC4)cc3OC)c12. The normalized spacial score (nSPS) is 15.4. The number of aliphatic carboxylic acids is 1. The number of benzene rings is 1. The molecule has 14 heteroatoms. The van der Waals surface area contributed by atoms with E-state index >= 15 is 0 Å². The van der Waals surface area contributed by atoms with Crippen molar-refractivity contribution in [1.82, 2.24) is 29.7 Å². The van der Waals surface area contributed by atoms with Gasteiger partial charge in [0, 0.05) is 69.9 Å². The molecule has 0 aliphatic carbocycles. The monoisotopic (exact) mass is 669 g/mol. The number of carbonyl (C=O) groups is 2. The van der Waals surface area contributed by atoms with E-state index in [2.05, 4.69) is 60.1 Å². The Labute approximate surface area is 281 Å². The van der Waals surface area contributed by atoms with Gasteiger partial charge in [0.25, 0.3) is 0 Å². The van der Waals surface area contributed by atoms with E-state index in [0.717, 1.165) is 93.2 Å². The van der Waals surface area contributed by atoms with Crippen molar-refractivity contribution in [1.29, 1.82) is 0 Å². The van der Waals surface area contributed by atoms with Crippen LogP contribution in [0.4, 0.5) is 11.8 Å². The van der Waals surface area contributed by atoms with E-state index in [1.807, 2.05) is 19.2 Å². The fourth-order valence-corrected chi connectivity index (χ4v) is 6.77. The number of nitrogens with zero attached hydrogens (tertiary/aromatic N) is 5. The summed E-state index contributed by atoms with van der Waals surface area (Å²) in [6, 6.07) is 7.46. The van der Waals surface area contributed by atoms with E-state index < -0.39 is 12.0 Å². The van der Waals surface area contributed by atoms with Crippen molar-refractivity contribution in [2.75, 3.05) is 69.7 Å². The molecule has 0 radical (unpaired) electrons. The molecule has 1 saturated heterocycles. The van der Waals surface area contributed by atoms with Gasteiger partial charge in [-0.1, -0.05) is 38.8 Å². The predicted molar refractivity (Wildman–Crippen MR) is 189 cm³/mol. The Bertz CT molecular complexity index is 1460. The van der Waals surface area contributed by atoms with Gasteiger partial charge in [0.2, 0.25) is 11.9 Å². The summed E-state index contributed by atoms with van der Waals surface area (Å²) in [7, 11) is 1.71. The molecule has 13 nitrogen and oxygen atoms in total. The third kappa shape index (κ3) is 10.4. The number of carboxylic acids is 1. The number of anilines is 2. The van der Waals surface area contributed by atoms with Crippen LogP contribution < -0.4 is 26.8 Å². The molecule has 3 aromatic rings. The number of rotatable bonds is 19. The highest BCUT2D eigenvalue weighted by atomic mass is 32.2. The Kier molecular flexibility index (Phi) is 13.9. The number of nitrogens with one attached hydrogen (secondary N) is 2. The summed E-state index contributed by atoms with van der Waals surface area (Å²) >= 11 is 1.30. The number of ether oxygens (including phenoxy) is 1. The van der Waals surface area contributed by atoms with E-state index in [1.54, 1.807) is 7.11 Å². The largest absolute Gasteiger partial charge is 0.496 e. The van der Waals surface area contributed by atoms with Crippen LogP contribution in [0.5, 0.6) is 5.75 Å². The lowest BCUT2D eigenvalue weighted by atomic mass is 10.1. The van der Waals surface area contributed by atoms with E-state index in [-0.39, 0.29) is 22.9 Å². The molecule has 3 heterocycles. The highest BCUT2D eigenvalue weighted by molar-refractivity contribution is 8.00. The van der Waals surface area contributed by atoms with Crippen LogP contribution in [0.3, 0.4) is 0 Å². The number of hydrogen-bond acceptors (Lipinski definition) is 11. The fourth-order valence-electron chi connectivity index (χ4n) is 5.71. The fraction of sp³-hybridized carbons (Fsp3) is 0.576. The smallest absolute Gasteiger partial charge is 0.321 e. The van der Waals surface area contributed by atoms with Crippen LogP contribution >= 0.6 is 11.8 Å². The quantitative estimate of drug-likeness (QED) is 0.118. The number of nitrogen functional groups attached to an aromatic ring is 1. The molecule has 0 bridgehead atoms. The Morgan fingerprint density at radius 2 is 1.83 bits per heavy atom. The van der Waals surface area contributed by atoms with Gasteiger partial charge in [0.15, 0.2) is 5.82 Å². The zero-order valence-electron chi connectivity index (χ0n) is 27.9. The molecule has 2 unspecified atom stereocenters. The van der Waals surface area contributed by atoms with Crippen LogP contribution in [0.15, 0.2) is 30.5 Å². The minimum atomic E-state index is -1.05. The molecule has 2 atom stereocenters. The molecule has 4 rings (SSSR count). The summed E-state index contributed by atoms with van der Waals surface area (Å²) in [5.41, 5.74) is 15.6. The molecule has 0 saturated carbocycles. The molecule has 1 amide bonds. The maximum atomic E-state index is 12.6. The molecule has 0 spiro atoms.